The van der Waals surface area contributed by atoms with Gasteiger partial charge >= 0.3 is 6.03 Å². The number of carbonyl (C=O) groups excluding carboxylic acids is 3. The highest BCUT2D eigenvalue weighted by Gasteiger charge is 2.26. The monoisotopic (exact) mass is 882 g/mol. The van der Waals surface area contributed by atoms with E-state index in [1.54, 1.807) is 36.1 Å². The molecule has 0 saturated carbocycles. The zero-order chi connectivity index (χ0) is 45.8. The van der Waals surface area contributed by atoms with Crippen LogP contribution < -0.4 is 25.6 Å². The summed E-state index contributed by atoms with van der Waals surface area (Å²) >= 11 is 0. The topological polar surface area (TPSA) is 152 Å². The number of halogens is 2. The van der Waals surface area contributed by atoms with Crippen molar-refractivity contribution < 1.29 is 33.0 Å². The number of amides is 4. The van der Waals surface area contributed by atoms with Gasteiger partial charge in [0, 0.05) is 93.4 Å². The number of fused-ring (bicyclic) bond motifs is 1. The Kier molecular flexibility index (Phi) is 13.2. The smallest absolute Gasteiger partial charge is 0.326 e. The number of benzene rings is 4. The van der Waals surface area contributed by atoms with Crippen molar-refractivity contribution in [3.8, 4) is 17.0 Å². The average molecular weight is 883 g/mol. The molecule has 0 spiro atoms. The number of allylic oxidation sites excluding steroid dienone is 1. The van der Waals surface area contributed by atoms with Crippen LogP contribution in [0.2, 0.25) is 0 Å². The Morgan fingerprint density at radius 3 is 2.38 bits per heavy atom. The van der Waals surface area contributed by atoms with Crippen LogP contribution in [0.4, 0.5) is 25.0 Å². The Balaban J connectivity index is 0.805. The SMILES string of the molecule is C=C1CCN(c2ccc(OCC(=O)NCCN3CCN(Cc4ccc(C5=Cc6c(ncnc6-c6cc(F)cc(NC(=O)c7ccc(C(C)(C)O)cc7F)c6C)C5)cc4)CC3)cc2)C(=O)N1. The normalized spacial score (nSPS) is 15.6. The molecule has 65 heavy (non-hydrogen) atoms. The standard InChI is InChI=1S/C50H52F2N8O5/c1-31-15-17-60(49(63)56-31)38-10-12-39(13-11-38)65-29-46(61)53-16-18-58-19-21-59(22-20-58)28-33-5-7-34(8-6-33)35-23-42-45(24-35)54-30-55-47(42)41-26-37(51)27-44(32(41)2)57-48(62)40-14-9-36(25-43(40)52)50(3,4)64/h5-14,23,25-27,30,64H,1,15-22,24,28-29H2,2-4H3,(H,53,61)(H,56,63)(H,57,62). The fraction of sp³-hybridized carbons (Fsp3) is 0.300. The molecule has 8 rings (SSSR count). The zero-order valence-electron chi connectivity index (χ0n) is 36.7. The summed E-state index contributed by atoms with van der Waals surface area (Å²) in [6.45, 7) is 14.8. The number of aliphatic hydroxyl groups is 1. The molecular formula is C50H52F2N8O5. The van der Waals surface area contributed by atoms with Crippen LogP contribution in [-0.4, -0.2) is 95.1 Å². The van der Waals surface area contributed by atoms with Gasteiger partial charge in [-0.2, -0.15) is 0 Å². The number of carbonyl (C=O) groups is 3. The number of aromatic nitrogens is 2. The number of hydrogen-bond donors (Lipinski definition) is 4. The number of nitrogens with one attached hydrogen (secondary N) is 3. The third kappa shape index (κ3) is 10.6. The molecule has 0 unspecified atom stereocenters. The average Bonchev–Trinajstić information content (AvgIpc) is 3.73. The van der Waals surface area contributed by atoms with Crippen molar-refractivity contribution in [1.82, 2.24) is 30.4 Å². The highest BCUT2D eigenvalue weighted by molar-refractivity contribution is 6.05. The largest absolute Gasteiger partial charge is 0.484 e. The van der Waals surface area contributed by atoms with Gasteiger partial charge in [-0.1, -0.05) is 36.9 Å². The molecule has 5 aromatic rings. The van der Waals surface area contributed by atoms with Crippen LogP contribution in [0.3, 0.4) is 0 Å². The minimum Gasteiger partial charge on any atom is -0.484 e. The molecule has 2 fully saturated rings. The Morgan fingerprint density at radius 1 is 0.938 bits per heavy atom. The van der Waals surface area contributed by atoms with E-state index >= 15 is 4.39 Å². The molecule has 3 aliphatic rings. The first-order valence-corrected chi connectivity index (χ1v) is 21.7. The van der Waals surface area contributed by atoms with E-state index in [2.05, 4.69) is 66.6 Å². The summed E-state index contributed by atoms with van der Waals surface area (Å²) < 4.78 is 35.8. The Hall–Kier alpha value is -6.81. The molecule has 15 heteroatoms. The van der Waals surface area contributed by atoms with Crippen LogP contribution in [0.1, 0.15) is 64.1 Å². The number of hydrogen-bond acceptors (Lipinski definition) is 9. The van der Waals surface area contributed by atoms with Gasteiger partial charge in [-0.05, 0) is 103 Å². The summed E-state index contributed by atoms with van der Waals surface area (Å²) in [5, 5.41) is 18.6. The summed E-state index contributed by atoms with van der Waals surface area (Å²) in [7, 11) is 0. The lowest BCUT2D eigenvalue weighted by Gasteiger charge is -2.34. The first-order chi connectivity index (χ1) is 31.2. The van der Waals surface area contributed by atoms with Gasteiger partial charge in [-0.3, -0.25) is 24.3 Å². The molecule has 0 atom stereocenters. The molecule has 4 amide bonds. The molecule has 2 saturated heterocycles. The van der Waals surface area contributed by atoms with Gasteiger partial charge in [0.25, 0.3) is 11.8 Å². The molecule has 1 aliphatic carbocycles. The van der Waals surface area contributed by atoms with Gasteiger partial charge in [-0.25, -0.2) is 23.5 Å². The third-order valence-corrected chi connectivity index (χ3v) is 12.1. The minimum absolute atomic E-state index is 0.0956. The summed E-state index contributed by atoms with van der Waals surface area (Å²) in [5.41, 5.74) is 6.91. The van der Waals surface area contributed by atoms with Crippen LogP contribution >= 0.6 is 0 Å². The van der Waals surface area contributed by atoms with Crippen LogP contribution in [-0.2, 0) is 23.4 Å². The Morgan fingerprint density at radius 2 is 1.68 bits per heavy atom. The molecule has 3 heterocycles. The second-order valence-electron chi connectivity index (χ2n) is 17.1. The van der Waals surface area contributed by atoms with Crippen LogP contribution in [0.25, 0.3) is 22.9 Å². The number of rotatable bonds is 14. The van der Waals surface area contributed by atoms with E-state index in [1.807, 2.05) is 6.08 Å². The van der Waals surface area contributed by atoms with Crippen molar-refractivity contribution in [3.05, 3.63) is 148 Å². The fourth-order valence-corrected chi connectivity index (χ4v) is 8.26. The lowest BCUT2D eigenvalue weighted by atomic mass is 9.96. The lowest BCUT2D eigenvalue weighted by Crippen LogP contribution is -2.48. The first-order valence-electron chi connectivity index (χ1n) is 21.7. The molecule has 4 aromatic carbocycles. The van der Waals surface area contributed by atoms with Crippen LogP contribution in [0.5, 0.6) is 5.75 Å². The summed E-state index contributed by atoms with van der Waals surface area (Å²) in [5.74, 6) is -1.77. The van der Waals surface area contributed by atoms with E-state index in [0.29, 0.717) is 59.8 Å². The van der Waals surface area contributed by atoms with E-state index in [0.717, 1.165) is 73.4 Å². The summed E-state index contributed by atoms with van der Waals surface area (Å²) in [6, 6.07) is 21.9. The number of ether oxygens (including phenoxy) is 1. The van der Waals surface area contributed by atoms with Crippen molar-refractivity contribution in [2.24, 2.45) is 0 Å². The van der Waals surface area contributed by atoms with E-state index in [9.17, 15) is 23.9 Å². The van der Waals surface area contributed by atoms with Crippen molar-refractivity contribution >= 4 is 40.9 Å². The van der Waals surface area contributed by atoms with Gasteiger partial charge in [0.05, 0.1) is 22.6 Å². The first kappa shape index (κ1) is 44.8. The number of nitrogens with zero attached hydrogens (tertiary/aromatic N) is 5. The van der Waals surface area contributed by atoms with Crippen molar-refractivity contribution in [3.63, 3.8) is 0 Å². The van der Waals surface area contributed by atoms with Crippen molar-refractivity contribution in [2.75, 3.05) is 62.6 Å². The van der Waals surface area contributed by atoms with Gasteiger partial charge in [0.2, 0.25) is 0 Å². The molecule has 4 N–H and O–H groups in total. The van der Waals surface area contributed by atoms with Gasteiger partial charge < -0.3 is 25.8 Å². The quantitative estimate of drug-likeness (QED) is 0.0920. The van der Waals surface area contributed by atoms with Crippen molar-refractivity contribution in [1.29, 1.82) is 0 Å². The van der Waals surface area contributed by atoms with E-state index in [1.165, 1.54) is 50.0 Å². The number of piperazine rings is 1. The third-order valence-electron chi connectivity index (χ3n) is 12.1. The van der Waals surface area contributed by atoms with E-state index in [4.69, 9.17) is 4.74 Å². The highest BCUT2D eigenvalue weighted by Crippen LogP contribution is 2.38. The Bertz CT molecular complexity index is 2660. The number of urea groups is 1. The Labute approximate surface area is 376 Å². The molecular weight excluding hydrogens is 831 g/mol. The lowest BCUT2D eigenvalue weighted by molar-refractivity contribution is -0.123. The molecule has 0 bridgehead atoms. The van der Waals surface area contributed by atoms with Gasteiger partial charge in [-0.15, -0.1) is 0 Å². The van der Waals surface area contributed by atoms with E-state index in [-0.39, 0.29) is 29.8 Å². The van der Waals surface area contributed by atoms with Gasteiger partial charge in [0.15, 0.2) is 6.61 Å². The second-order valence-corrected chi connectivity index (χ2v) is 17.1. The number of anilines is 2. The fourth-order valence-electron chi connectivity index (χ4n) is 8.26. The van der Waals surface area contributed by atoms with E-state index < -0.39 is 23.1 Å². The maximum atomic E-state index is 15.2. The maximum Gasteiger partial charge on any atom is 0.326 e. The van der Waals surface area contributed by atoms with Crippen molar-refractivity contribution in [2.45, 2.75) is 45.8 Å². The molecule has 13 nitrogen and oxygen atoms in total. The molecule has 2 aliphatic heterocycles. The van der Waals surface area contributed by atoms with Crippen LogP contribution in [0.15, 0.2) is 97.5 Å². The maximum absolute atomic E-state index is 15.2. The summed E-state index contributed by atoms with van der Waals surface area (Å²) in [4.78, 5) is 53.4. The minimum atomic E-state index is -1.28. The predicted molar refractivity (Wildman–Crippen MR) is 246 cm³/mol. The predicted octanol–water partition coefficient (Wildman–Crippen LogP) is 7.05. The van der Waals surface area contributed by atoms with Gasteiger partial charge in [0.1, 0.15) is 23.7 Å². The molecule has 1 aromatic heterocycles. The highest BCUT2D eigenvalue weighted by atomic mass is 19.1. The summed E-state index contributed by atoms with van der Waals surface area (Å²) in [6.07, 6.45) is 4.75. The molecule has 0 radical (unpaired) electrons. The second kappa shape index (κ2) is 19.1. The molecule has 336 valence electrons. The van der Waals surface area contributed by atoms with Crippen LogP contribution in [0, 0.1) is 18.6 Å². The zero-order valence-corrected chi connectivity index (χ0v) is 36.7.